The SMILES string of the molecule is Cc1cccc2c1ncn1nc(C3CC3)nc21. The van der Waals surface area contributed by atoms with Crippen molar-refractivity contribution in [1.82, 2.24) is 19.6 Å². The zero-order valence-electron chi connectivity index (χ0n) is 9.59. The highest BCUT2D eigenvalue weighted by atomic mass is 15.3. The second kappa shape index (κ2) is 3.03. The molecule has 2 aromatic heterocycles. The van der Waals surface area contributed by atoms with Gasteiger partial charge in [0.2, 0.25) is 0 Å². The average Bonchev–Trinajstić information content (AvgIpc) is 3.09. The van der Waals surface area contributed by atoms with Crippen molar-refractivity contribution in [3.8, 4) is 0 Å². The van der Waals surface area contributed by atoms with Crippen LogP contribution in [0.4, 0.5) is 0 Å². The van der Waals surface area contributed by atoms with E-state index in [-0.39, 0.29) is 0 Å². The van der Waals surface area contributed by atoms with Crippen LogP contribution in [0.2, 0.25) is 0 Å². The normalized spacial score (nSPS) is 15.8. The van der Waals surface area contributed by atoms with Gasteiger partial charge in [-0.15, -0.1) is 5.10 Å². The number of aromatic nitrogens is 4. The van der Waals surface area contributed by atoms with Gasteiger partial charge in [-0.1, -0.05) is 12.1 Å². The molecule has 0 N–H and O–H groups in total. The standard InChI is InChI=1S/C13H12N4/c1-8-3-2-4-10-11(8)14-7-17-13(10)15-12(16-17)9-5-6-9/h2-4,7,9H,5-6H2,1H3. The number of para-hydroxylation sites is 1. The monoisotopic (exact) mass is 224 g/mol. The molecule has 0 spiro atoms. The van der Waals surface area contributed by atoms with Crippen LogP contribution in [0.25, 0.3) is 16.6 Å². The molecule has 84 valence electrons. The van der Waals surface area contributed by atoms with E-state index in [1.165, 1.54) is 18.4 Å². The lowest BCUT2D eigenvalue weighted by atomic mass is 10.1. The zero-order chi connectivity index (χ0) is 11.4. The first-order valence-corrected chi connectivity index (χ1v) is 5.93. The molecule has 1 aliphatic rings. The van der Waals surface area contributed by atoms with Gasteiger partial charge < -0.3 is 0 Å². The molecule has 0 bridgehead atoms. The van der Waals surface area contributed by atoms with Gasteiger partial charge in [0.1, 0.15) is 6.33 Å². The summed E-state index contributed by atoms with van der Waals surface area (Å²) < 4.78 is 1.80. The van der Waals surface area contributed by atoms with Gasteiger partial charge in [0.25, 0.3) is 0 Å². The number of aryl methyl sites for hydroxylation is 1. The van der Waals surface area contributed by atoms with Crippen LogP contribution in [0.3, 0.4) is 0 Å². The second-order valence-electron chi connectivity index (χ2n) is 4.73. The molecule has 1 aromatic carbocycles. The largest absolute Gasteiger partial charge is 0.236 e. The summed E-state index contributed by atoms with van der Waals surface area (Å²) in [6.45, 7) is 2.07. The summed E-state index contributed by atoms with van der Waals surface area (Å²) in [5.41, 5.74) is 3.14. The quantitative estimate of drug-likeness (QED) is 0.637. The van der Waals surface area contributed by atoms with E-state index in [9.17, 15) is 0 Å². The molecule has 2 heterocycles. The van der Waals surface area contributed by atoms with Crippen LogP contribution in [0.5, 0.6) is 0 Å². The first kappa shape index (κ1) is 9.10. The maximum atomic E-state index is 4.66. The molecule has 3 aromatic rings. The highest BCUT2D eigenvalue weighted by molar-refractivity contribution is 5.92. The highest BCUT2D eigenvalue weighted by Gasteiger charge is 2.28. The summed E-state index contributed by atoms with van der Waals surface area (Å²) in [6.07, 6.45) is 4.21. The minimum atomic E-state index is 0.578. The molecule has 0 unspecified atom stereocenters. The smallest absolute Gasteiger partial charge is 0.166 e. The Labute approximate surface area is 98.3 Å². The van der Waals surface area contributed by atoms with E-state index in [2.05, 4.69) is 34.1 Å². The molecule has 0 radical (unpaired) electrons. The first-order valence-electron chi connectivity index (χ1n) is 5.93. The Bertz CT molecular complexity index is 725. The summed E-state index contributed by atoms with van der Waals surface area (Å²) in [5.74, 6) is 1.55. The van der Waals surface area contributed by atoms with Crippen molar-refractivity contribution in [2.75, 3.05) is 0 Å². The topological polar surface area (TPSA) is 43.1 Å². The van der Waals surface area contributed by atoms with Gasteiger partial charge in [-0.25, -0.2) is 14.5 Å². The molecule has 0 amide bonds. The fourth-order valence-electron chi connectivity index (χ4n) is 2.24. The molecule has 4 nitrogen and oxygen atoms in total. The summed E-state index contributed by atoms with van der Waals surface area (Å²) in [7, 11) is 0. The predicted molar refractivity (Wildman–Crippen MR) is 65.0 cm³/mol. The molecule has 17 heavy (non-hydrogen) atoms. The third-order valence-electron chi connectivity index (χ3n) is 3.37. The van der Waals surface area contributed by atoms with E-state index in [1.54, 1.807) is 10.8 Å². The number of benzene rings is 1. The summed E-state index contributed by atoms with van der Waals surface area (Å²) >= 11 is 0. The number of hydrogen-bond donors (Lipinski definition) is 0. The van der Waals surface area contributed by atoms with Crippen LogP contribution in [0, 0.1) is 6.92 Å². The van der Waals surface area contributed by atoms with Gasteiger partial charge >= 0.3 is 0 Å². The summed E-state index contributed by atoms with van der Waals surface area (Å²) in [6, 6.07) is 6.19. The van der Waals surface area contributed by atoms with Crippen LogP contribution >= 0.6 is 0 Å². The van der Waals surface area contributed by atoms with Crippen molar-refractivity contribution in [2.24, 2.45) is 0 Å². The number of nitrogens with zero attached hydrogens (tertiary/aromatic N) is 4. The van der Waals surface area contributed by atoms with Crippen LogP contribution in [0.15, 0.2) is 24.5 Å². The lowest BCUT2D eigenvalue weighted by Gasteiger charge is -2.00. The second-order valence-corrected chi connectivity index (χ2v) is 4.73. The third kappa shape index (κ3) is 1.27. The van der Waals surface area contributed by atoms with Gasteiger partial charge in [-0.3, -0.25) is 0 Å². The highest BCUT2D eigenvalue weighted by Crippen LogP contribution is 2.38. The van der Waals surface area contributed by atoms with Gasteiger partial charge in [0, 0.05) is 11.3 Å². The minimum absolute atomic E-state index is 0.578. The van der Waals surface area contributed by atoms with Crippen LogP contribution in [0.1, 0.15) is 30.1 Å². The molecule has 1 fully saturated rings. The van der Waals surface area contributed by atoms with E-state index < -0.39 is 0 Å². The van der Waals surface area contributed by atoms with Crippen molar-refractivity contribution in [1.29, 1.82) is 0 Å². The van der Waals surface area contributed by atoms with Crippen molar-refractivity contribution in [3.05, 3.63) is 35.9 Å². The maximum absolute atomic E-state index is 4.66. The van der Waals surface area contributed by atoms with Gasteiger partial charge in [0.05, 0.1) is 5.52 Å². The van der Waals surface area contributed by atoms with E-state index in [0.29, 0.717) is 5.92 Å². The first-order chi connectivity index (χ1) is 8.33. The Morgan fingerprint density at radius 2 is 2.18 bits per heavy atom. The molecule has 1 aliphatic carbocycles. The fraction of sp³-hybridized carbons (Fsp3) is 0.308. The van der Waals surface area contributed by atoms with Gasteiger partial charge in [-0.2, -0.15) is 0 Å². The van der Waals surface area contributed by atoms with E-state index in [1.807, 2.05) is 6.07 Å². The Morgan fingerprint density at radius 3 is 3.00 bits per heavy atom. The predicted octanol–water partition coefficient (Wildman–Crippen LogP) is 2.46. The van der Waals surface area contributed by atoms with Crippen molar-refractivity contribution in [2.45, 2.75) is 25.7 Å². The Kier molecular flexibility index (Phi) is 1.62. The summed E-state index contributed by atoms with van der Waals surface area (Å²) in [5, 5.41) is 5.59. The lowest BCUT2D eigenvalue weighted by molar-refractivity contribution is 0.865. The average molecular weight is 224 g/mol. The maximum Gasteiger partial charge on any atom is 0.166 e. The fourth-order valence-corrected chi connectivity index (χ4v) is 2.24. The van der Waals surface area contributed by atoms with Crippen LogP contribution in [-0.4, -0.2) is 19.6 Å². The van der Waals surface area contributed by atoms with E-state index in [4.69, 9.17) is 0 Å². The van der Waals surface area contributed by atoms with Gasteiger partial charge in [-0.05, 0) is 31.4 Å². The van der Waals surface area contributed by atoms with E-state index >= 15 is 0 Å². The van der Waals surface area contributed by atoms with Crippen molar-refractivity contribution in [3.63, 3.8) is 0 Å². The Hall–Kier alpha value is -1.97. The van der Waals surface area contributed by atoms with Crippen molar-refractivity contribution < 1.29 is 0 Å². The molecule has 0 atom stereocenters. The molecule has 0 aliphatic heterocycles. The molecule has 1 saturated carbocycles. The minimum Gasteiger partial charge on any atom is -0.236 e. The number of hydrogen-bond acceptors (Lipinski definition) is 3. The zero-order valence-corrected chi connectivity index (χ0v) is 9.59. The van der Waals surface area contributed by atoms with Crippen molar-refractivity contribution >= 4 is 16.6 Å². The lowest BCUT2D eigenvalue weighted by Crippen LogP contribution is -1.92. The van der Waals surface area contributed by atoms with Gasteiger partial charge in [0.15, 0.2) is 11.5 Å². The number of fused-ring (bicyclic) bond motifs is 3. The van der Waals surface area contributed by atoms with Crippen LogP contribution in [-0.2, 0) is 0 Å². The Balaban J connectivity index is 2.11. The Morgan fingerprint density at radius 1 is 1.29 bits per heavy atom. The molecule has 4 rings (SSSR count). The number of rotatable bonds is 1. The molecular weight excluding hydrogens is 212 g/mol. The van der Waals surface area contributed by atoms with E-state index in [0.717, 1.165) is 22.4 Å². The molecule has 0 saturated heterocycles. The molecule has 4 heteroatoms. The molecular formula is C13H12N4. The van der Waals surface area contributed by atoms with Crippen LogP contribution < -0.4 is 0 Å². The third-order valence-corrected chi connectivity index (χ3v) is 3.37. The summed E-state index contributed by atoms with van der Waals surface area (Å²) in [4.78, 5) is 9.12.